The average molecular weight is 233 g/mol. The first-order valence-electron chi connectivity index (χ1n) is 6.03. The Morgan fingerprint density at radius 2 is 2.18 bits per heavy atom. The highest BCUT2D eigenvalue weighted by Crippen LogP contribution is 2.56. The summed E-state index contributed by atoms with van der Waals surface area (Å²) in [6.07, 6.45) is 4.14. The van der Waals surface area contributed by atoms with E-state index in [1.807, 2.05) is 13.8 Å². The number of allylic oxidation sites excluding steroid dienone is 2. The van der Waals surface area contributed by atoms with Gasteiger partial charge in [0.05, 0.1) is 11.3 Å². The molecule has 4 heteroatoms. The van der Waals surface area contributed by atoms with Crippen LogP contribution in [-0.4, -0.2) is 11.6 Å². The Morgan fingerprint density at radius 3 is 2.88 bits per heavy atom. The van der Waals surface area contributed by atoms with Gasteiger partial charge in [0.2, 0.25) is 0 Å². The number of ether oxygens (including phenoxy) is 1. The summed E-state index contributed by atoms with van der Waals surface area (Å²) in [5, 5.41) is 2.95. The molecule has 90 valence electrons. The second-order valence-electron chi connectivity index (χ2n) is 5.61. The van der Waals surface area contributed by atoms with Crippen molar-refractivity contribution in [3.63, 3.8) is 0 Å². The van der Waals surface area contributed by atoms with E-state index in [9.17, 15) is 9.70 Å². The zero-order valence-corrected chi connectivity index (χ0v) is 10.0. The molecule has 4 nitrogen and oxygen atoms in total. The van der Waals surface area contributed by atoms with E-state index in [0.717, 1.165) is 12.8 Å². The molecule has 0 aromatic heterocycles. The molecule has 1 heterocycles. The monoisotopic (exact) mass is 233 g/mol. The average Bonchev–Trinajstić information content (AvgIpc) is 3.07. The summed E-state index contributed by atoms with van der Waals surface area (Å²) in [7, 11) is 0. The molecule has 3 aliphatic rings. The van der Waals surface area contributed by atoms with Crippen molar-refractivity contribution in [1.29, 1.82) is 0 Å². The van der Waals surface area contributed by atoms with Crippen LogP contribution in [0.5, 0.6) is 0 Å². The van der Waals surface area contributed by atoms with Gasteiger partial charge in [-0.3, -0.25) is 0 Å². The van der Waals surface area contributed by atoms with E-state index in [-0.39, 0.29) is 11.6 Å². The third-order valence-corrected chi connectivity index (χ3v) is 4.13. The number of nitrogens with zero attached hydrogens (tertiary/aromatic N) is 1. The molecule has 1 saturated carbocycles. The fraction of sp³-hybridized carbons (Fsp3) is 0.615. The summed E-state index contributed by atoms with van der Waals surface area (Å²) in [6, 6.07) is 0. The van der Waals surface area contributed by atoms with Crippen LogP contribution in [-0.2, 0) is 9.53 Å². The lowest BCUT2D eigenvalue weighted by Gasteiger charge is -2.24. The summed E-state index contributed by atoms with van der Waals surface area (Å²) < 4.78 is 5.53. The number of carbonyl (C=O) groups excluding carboxylic acids is 1. The van der Waals surface area contributed by atoms with Gasteiger partial charge in [-0.15, -0.1) is 4.91 Å². The predicted molar refractivity (Wildman–Crippen MR) is 61.9 cm³/mol. The van der Waals surface area contributed by atoms with Crippen LogP contribution in [0.1, 0.15) is 33.1 Å². The van der Waals surface area contributed by atoms with Gasteiger partial charge in [0.15, 0.2) is 0 Å². The minimum Gasteiger partial charge on any atom is -0.456 e. The quantitative estimate of drug-likeness (QED) is 0.517. The summed E-state index contributed by atoms with van der Waals surface area (Å²) in [5.74, 6) is 0.618. The lowest BCUT2D eigenvalue weighted by Crippen LogP contribution is -2.30. The number of esters is 1. The molecule has 2 unspecified atom stereocenters. The summed E-state index contributed by atoms with van der Waals surface area (Å²) in [4.78, 5) is 22.6. The van der Waals surface area contributed by atoms with E-state index in [4.69, 9.17) is 4.74 Å². The first-order chi connectivity index (χ1) is 8.03. The van der Waals surface area contributed by atoms with Crippen molar-refractivity contribution in [3.05, 3.63) is 27.8 Å². The van der Waals surface area contributed by atoms with Crippen LogP contribution in [0.4, 0.5) is 0 Å². The normalized spacial score (nSPS) is 34.0. The van der Waals surface area contributed by atoms with E-state index >= 15 is 0 Å². The number of hydrogen-bond donors (Lipinski definition) is 0. The fourth-order valence-electron chi connectivity index (χ4n) is 3.09. The Kier molecular flexibility index (Phi) is 2.06. The van der Waals surface area contributed by atoms with E-state index in [1.54, 1.807) is 6.08 Å². The van der Waals surface area contributed by atoms with Gasteiger partial charge >= 0.3 is 5.97 Å². The van der Waals surface area contributed by atoms with Crippen LogP contribution in [0.3, 0.4) is 0 Å². The summed E-state index contributed by atoms with van der Waals surface area (Å²) in [5.41, 5.74) is 1.83. The zero-order chi connectivity index (χ0) is 12.2. The maximum atomic E-state index is 12.0. The molecular weight excluding hydrogens is 218 g/mol. The van der Waals surface area contributed by atoms with Crippen molar-refractivity contribution < 1.29 is 9.53 Å². The smallest absolute Gasteiger partial charge is 0.338 e. The maximum Gasteiger partial charge on any atom is 0.338 e. The number of nitroso groups, excluding NO2 is 1. The third-order valence-electron chi connectivity index (χ3n) is 4.13. The molecule has 17 heavy (non-hydrogen) atoms. The van der Waals surface area contributed by atoms with Gasteiger partial charge in [-0.25, -0.2) is 4.79 Å². The molecule has 1 aliphatic heterocycles. The van der Waals surface area contributed by atoms with Crippen LogP contribution in [0, 0.1) is 16.7 Å². The van der Waals surface area contributed by atoms with Crippen molar-refractivity contribution >= 4 is 5.97 Å². The number of hydrogen-bond acceptors (Lipinski definition) is 4. The molecule has 0 radical (unpaired) electrons. The van der Waals surface area contributed by atoms with Gasteiger partial charge in [-0.05, 0) is 50.3 Å². The van der Waals surface area contributed by atoms with E-state index in [0.29, 0.717) is 29.5 Å². The van der Waals surface area contributed by atoms with Gasteiger partial charge in [0, 0.05) is 5.92 Å². The summed E-state index contributed by atoms with van der Waals surface area (Å²) in [6.45, 7) is 3.94. The maximum absolute atomic E-state index is 12.0. The van der Waals surface area contributed by atoms with Crippen molar-refractivity contribution in [2.45, 2.75) is 38.7 Å². The third kappa shape index (κ3) is 1.54. The minimum absolute atomic E-state index is 0.293. The Balaban J connectivity index is 2.04. The molecule has 0 aromatic carbocycles. The molecule has 0 amide bonds. The molecule has 3 rings (SSSR count). The highest BCUT2D eigenvalue weighted by Gasteiger charge is 2.54. The zero-order valence-electron chi connectivity index (χ0n) is 10.0. The van der Waals surface area contributed by atoms with Gasteiger partial charge in [0.25, 0.3) is 0 Å². The molecular formula is C13H15NO3. The molecule has 0 spiro atoms. The highest BCUT2D eigenvalue weighted by atomic mass is 16.6. The van der Waals surface area contributed by atoms with Crippen LogP contribution in [0.15, 0.2) is 28.1 Å². The second-order valence-corrected chi connectivity index (χ2v) is 5.61. The van der Waals surface area contributed by atoms with Crippen molar-refractivity contribution in [3.8, 4) is 0 Å². The Morgan fingerprint density at radius 1 is 1.41 bits per heavy atom. The first kappa shape index (κ1) is 10.7. The molecule has 0 bridgehead atoms. The predicted octanol–water partition coefficient (Wildman–Crippen LogP) is 2.70. The Hall–Kier alpha value is -1.45. The van der Waals surface area contributed by atoms with E-state index in [1.165, 1.54) is 5.57 Å². The molecule has 0 aromatic rings. The van der Waals surface area contributed by atoms with E-state index < -0.39 is 0 Å². The number of fused-ring (bicyclic) bond motifs is 2. The molecule has 0 saturated heterocycles. The molecule has 1 fully saturated rings. The van der Waals surface area contributed by atoms with Crippen molar-refractivity contribution in [2.24, 2.45) is 17.0 Å². The molecule has 2 atom stereocenters. The van der Waals surface area contributed by atoms with Crippen LogP contribution >= 0.6 is 0 Å². The molecule has 2 aliphatic carbocycles. The topological polar surface area (TPSA) is 55.7 Å². The summed E-state index contributed by atoms with van der Waals surface area (Å²) >= 11 is 0. The van der Waals surface area contributed by atoms with Gasteiger partial charge in [0.1, 0.15) is 5.60 Å². The van der Waals surface area contributed by atoms with Gasteiger partial charge < -0.3 is 4.74 Å². The van der Waals surface area contributed by atoms with Gasteiger partial charge in [-0.2, -0.15) is 0 Å². The number of rotatable bonds is 1. The van der Waals surface area contributed by atoms with Crippen LogP contribution < -0.4 is 0 Å². The lowest BCUT2D eigenvalue weighted by molar-refractivity contribution is -0.152. The fourth-order valence-corrected chi connectivity index (χ4v) is 3.09. The Bertz CT molecular complexity index is 473. The standard InChI is InChI=1S/C13H15NO3/c1-13(2)11-6-9(11)8-4-3-7(14-16)5-10(8)12(15)17-13/h5,9,11H,3-4,6H2,1-2H3. The van der Waals surface area contributed by atoms with Crippen LogP contribution in [0.2, 0.25) is 0 Å². The second kappa shape index (κ2) is 3.28. The minimum atomic E-state index is -0.387. The van der Waals surface area contributed by atoms with Gasteiger partial charge in [-0.1, -0.05) is 5.57 Å². The number of carbonyl (C=O) groups is 1. The number of cyclic esters (lactones) is 1. The van der Waals surface area contributed by atoms with E-state index in [2.05, 4.69) is 5.18 Å². The highest BCUT2D eigenvalue weighted by molar-refractivity contribution is 5.94. The largest absolute Gasteiger partial charge is 0.456 e. The lowest BCUT2D eigenvalue weighted by atomic mass is 9.90. The first-order valence-corrected chi connectivity index (χ1v) is 6.03. The Labute approximate surface area is 99.7 Å². The molecule has 0 N–H and O–H groups in total. The van der Waals surface area contributed by atoms with Crippen molar-refractivity contribution in [2.75, 3.05) is 0 Å². The SMILES string of the molecule is CC1(C)OC(=O)C2=C(CCC(N=O)=C2)C2CC21. The van der Waals surface area contributed by atoms with Crippen LogP contribution in [0.25, 0.3) is 0 Å². The van der Waals surface area contributed by atoms with Crippen molar-refractivity contribution in [1.82, 2.24) is 0 Å².